The van der Waals surface area contributed by atoms with Crippen molar-refractivity contribution in [2.75, 3.05) is 26.2 Å². The highest BCUT2D eigenvalue weighted by Crippen LogP contribution is 2.29. The van der Waals surface area contributed by atoms with E-state index < -0.39 is 0 Å². The lowest BCUT2D eigenvalue weighted by Gasteiger charge is -2.22. The van der Waals surface area contributed by atoms with E-state index in [0.717, 1.165) is 42.9 Å². The van der Waals surface area contributed by atoms with E-state index in [9.17, 15) is 4.79 Å². The predicted octanol–water partition coefficient (Wildman–Crippen LogP) is 3.24. The molecule has 1 fully saturated rings. The lowest BCUT2D eigenvalue weighted by atomic mass is 9.96. The van der Waals surface area contributed by atoms with E-state index >= 15 is 0 Å². The van der Waals surface area contributed by atoms with Crippen LogP contribution in [0.25, 0.3) is 11.1 Å². The Balaban J connectivity index is 1.47. The third-order valence-electron chi connectivity index (χ3n) is 4.60. The molecule has 0 aromatic heterocycles. The van der Waals surface area contributed by atoms with E-state index in [-0.39, 0.29) is 12.5 Å². The first-order valence-electron chi connectivity index (χ1n) is 9.07. The summed E-state index contributed by atoms with van der Waals surface area (Å²) in [4.78, 5) is 12.1. The van der Waals surface area contributed by atoms with Crippen LogP contribution in [0.3, 0.4) is 0 Å². The molecule has 0 bridgehead atoms. The van der Waals surface area contributed by atoms with Gasteiger partial charge in [0.15, 0.2) is 6.61 Å². The van der Waals surface area contributed by atoms with Gasteiger partial charge in [0.2, 0.25) is 0 Å². The molecule has 3 rings (SSSR count). The molecule has 1 aliphatic rings. The molecule has 2 N–H and O–H groups in total. The van der Waals surface area contributed by atoms with Gasteiger partial charge in [0.25, 0.3) is 5.91 Å². The standard InChI is InChI=1S/C21H26N2O2/c24-21(23-14-12-17-7-6-13-22-15-17)16-25-20-11-5-4-10-19(20)18-8-2-1-3-9-18/h1-5,8-11,17,22H,6-7,12-16H2,(H,23,24). The molecule has 0 radical (unpaired) electrons. The smallest absolute Gasteiger partial charge is 0.257 e. The number of amides is 1. The Bertz CT molecular complexity index is 667. The molecule has 0 spiro atoms. The van der Waals surface area contributed by atoms with E-state index in [0.29, 0.717) is 5.92 Å². The topological polar surface area (TPSA) is 50.4 Å². The summed E-state index contributed by atoms with van der Waals surface area (Å²) in [6, 6.07) is 17.9. The minimum atomic E-state index is -0.0633. The van der Waals surface area contributed by atoms with Crippen LogP contribution in [0.2, 0.25) is 0 Å². The Morgan fingerprint density at radius 2 is 1.92 bits per heavy atom. The monoisotopic (exact) mass is 338 g/mol. The van der Waals surface area contributed by atoms with E-state index in [2.05, 4.69) is 10.6 Å². The molecule has 25 heavy (non-hydrogen) atoms. The Kier molecular flexibility index (Phi) is 6.46. The number of ether oxygens (including phenoxy) is 1. The molecule has 1 amide bonds. The third kappa shape index (κ3) is 5.33. The van der Waals surface area contributed by atoms with Crippen molar-refractivity contribution in [2.24, 2.45) is 5.92 Å². The summed E-state index contributed by atoms with van der Waals surface area (Å²) in [7, 11) is 0. The number of rotatable bonds is 7. The van der Waals surface area contributed by atoms with Gasteiger partial charge in [-0.05, 0) is 49.9 Å². The minimum Gasteiger partial charge on any atom is -0.483 e. The lowest BCUT2D eigenvalue weighted by molar-refractivity contribution is -0.123. The van der Waals surface area contributed by atoms with E-state index in [1.54, 1.807) is 0 Å². The zero-order chi connectivity index (χ0) is 17.3. The van der Waals surface area contributed by atoms with Crippen molar-refractivity contribution in [2.45, 2.75) is 19.3 Å². The van der Waals surface area contributed by atoms with Gasteiger partial charge in [-0.1, -0.05) is 48.5 Å². The van der Waals surface area contributed by atoms with Crippen molar-refractivity contribution in [3.63, 3.8) is 0 Å². The summed E-state index contributed by atoms with van der Waals surface area (Å²) >= 11 is 0. The predicted molar refractivity (Wildman–Crippen MR) is 101 cm³/mol. The first-order valence-corrected chi connectivity index (χ1v) is 9.07. The quantitative estimate of drug-likeness (QED) is 0.815. The van der Waals surface area contributed by atoms with Gasteiger partial charge in [-0.15, -0.1) is 0 Å². The van der Waals surface area contributed by atoms with Gasteiger partial charge in [0.1, 0.15) is 5.75 Å². The minimum absolute atomic E-state index is 0.0484. The van der Waals surface area contributed by atoms with Gasteiger partial charge in [-0.2, -0.15) is 0 Å². The molecule has 0 saturated carbocycles. The molecular formula is C21H26N2O2. The van der Waals surface area contributed by atoms with Gasteiger partial charge in [0, 0.05) is 12.1 Å². The second-order valence-corrected chi connectivity index (χ2v) is 6.50. The molecular weight excluding hydrogens is 312 g/mol. The number of hydrogen-bond acceptors (Lipinski definition) is 3. The van der Waals surface area contributed by atoms with Gasteiger partial charge < -0.3 is 15.4 Å². The molecule has 1 unspecified atom stereocenters. The van der Waals surface area contributed by atoms with Crippen LogP contribution in [-0.4, -0.2) is 32.1 Å². The second kappa shape index (κ2) is 9.23. The van der Waals surface area contributed by atoms with Crippen molar-refractivity contribution in [1.29, 1.82) is 0 Å². The van der Waals surface area contributed by atoms with Crippen LogP contribution >= 0.6 is 0 Å². The molecule has 1 atom stereocenters. The average Bonchev–Trinajstić information content (AvgIpc) is 2.68. The van der Waals surface area contributed by atoms with Crippen molar-refractivity contribution in [3.8, 4) is 16.9 Å². The second-order valence-electron chi connectivity index (χ2n) is 6.50. The number of hydrogen-bond donors (Lipinski definition) is 2. The Morgan fingerprint density at radius 3 is 2.72 bits per heavy atom. The molecule has 2 aromatic carbocycles. The van der Waals surface area contributed by atoms with Crippen molar-refractivity contribution >= 4 is 5.91 Å². The van der Waals surface area contributed by atoms with E-state index in [4.69, 9.17) is 4.74 Å². The van der Waals surface area contributed by atoms with Crippen LogP contribution in [0.5, 0.6) is 5.75 Å². The summed E-state index contributed by atoms with van der Waals surface area (Å²) in [5.41, 5.74) is 2.09. The molecule has 2 aromatic rings. The van der Waals surface area contributed by atoms with Crippen LogP contribution in [0.15, 0.2) is 54.6 Å². The molecule has 1 aliphatic heterocycles. The number of piperidine rings is 1. The fourth-order valence-corrected chi connectivity index (χ4v) is 3.23. The zero-order valence-electron chi connectivity index (χ0n) is 14.5. The molecule has 1 saturated heterocycles. The molecule has 4 heteroatoms. The maximum Gasteiger partial charge on any atom is 0.257 e. The van der Waals surface area contributed by atoms with Crippen LogP contribution < -0.4 is 15.4 Å². The number of carbonyl (C=O) groups is 1. The molecule has 1 heterocycles. The number of para-hydroxylation sites is 1. The van der Waals surface area contributed by atoms with Crippen molar-refractivity contribution in [3.05, 3.63) is 54.6 Å². The maximum atomic E-state index is 12.1. The van der Waals surface area contributed by atoms with Gasteiger partial charge in [-0.3, -0.25) is 4.79 Å². The van der Waals surface area contributed by atoms with Crippen LogP contribution in [-0.2, 0) is 4.79 Å². The van der Waals surface area contributed by atoms with Crippen molar-refractivity contribution in [1.82, 2.24) is 10.6 Å². The highest BCUT2D eigenvalue weighted by Gasteiger charge is 2.13. The Labute approximate surface area is 149 Å². The summed E-state index contributed by atoms with van der Waals surface area (Å²) in [6.07, 6.45) is 3.52. The highest BCUT2D eigenvalue weighted by atomic mass is 16.5. The maximum absolute atomic E-state index is 12.1. The van der Waals surface area contributed by atoms with Crippen LogP contribution in [0.4, 0.5) is 0 Å². The van der Waals surface area contributed by atoms with Crippen LogP contribution in [0, 0.1) is 5.92 Å². The summed E-state index contributed by atoms with van der Waals surface area (Å²) < 4.78 is 5.77. The number of nitrogens with one attached hydrogen (secondary N) is 2. The summed E-state index contributed by atoms with van der Waals surface area (Å²) in [5, 5.41) is 6.37. The molecule has 4 nitrogen and oxygen atoms in total. The van der Waals surface area contributed by atoms with Gasteiger partial charge in [-0.25, -0.2) is 0 Å². The van der Waals surface area contributed by atoms with Gasteiger partial charge in [0.05, 0.1) is 0 Å². The molecule has 0 aliphatic carbocycles. The van der Waals surface area contributed by atoms with Gasteiger partial charge >= 0.3 is 0 Å². The zero-order valence-corrected chi connectivity index (χ0v) is 14.5. The fraction of sp³-hybridized carbons (Fsp3) is 0.381. The average molecular weight is 338 g/mol. The SMILES string of the molecule is O=C(COc1ccccc1-c1ccccc1)NCCC1CCCNC1. The first-order chi connectivity index (χ1) is 12.3. The largest absolute Gasteiger partial charge is 0.483 e. The van der Waals surface area contributed by atoms with Crippen molar-refractivity contribution < 1.29 is 9.53 Å². The van der Waals surface area contributed by atoms with E-state index in [1.165, 1.54) is 12.8 Å². The third-order valence-corrected chi connectivity index (χ3v) is 4.60. The highest BCUT2D eigenvalue weighted by molar-refractivity contribution is 5.78. The lowest BCUT2D eigenvalue weighted by Crippen LogP contribution is -2.34. The number of benzene rings is 2. The number of carbonyl (C=O) groups excluding carboxylic acids is 1. The molecule has 132 valence electrons. The fourth-order valence-electron chi connectivity index (χ4n) is 3.23. The van der Waals surface area contributed by atoms with Crippen LogP contribution in [0.1, 0.15) is 19.3 Å². The summed E-state index contributed by atoms with van der Waals surface area (Å²) in [6.45, 7) is 2.95. The summed E-state index contributed by atoms with van der Waals surface area (Å²) in [5.74, 6) is 1.35. The normalized spacial score (nSPS) is 17.0. The first kappa shape index (κ1) is 17.5. The Morgan fingerprint density at radius 1 is 1.12 bits per heavy atom. The van der Waals surface area contributed by atoms with E-state index in [1.807, 2.05) is 54.6 Å². The Hall–Kier alpha value is -2.33.